The van der Waals surface area contributed by atoms with Gasteiger partial charge >= 0.3 is 0 Å². The minimum Gasteiger partial charge on any atom is -0.393 e. The quantitative estimate of drug-likeness (QED) is 0.606. The van der Waals surface area contributed by atoms with E-state index in [-0.39, 0.29) is 6.10 Å². The standard InChI is InChI=1S/C16H35NO/c1-6-16(18)8-7-11-17(12-9-14(2)3)13-10-15(4)5/h14-16,18H,6-13H2,1-5H3. The van der Waals surface area contributed by atoms with Gasteiger partial charge in [0, 0.05) is 0 Å². The highest BCUT2D eigenvalue weighted by Gasteiger charge is 2.08. The Balaban J connectivity index is 3.88. The first-order chi connectivity index (χ1) is 8.45. The summed E-state index contributed by atoms with van der Waals surface area (Å²) < 4.78 is 0. The van der Waals surface area contributed by atoms with Crippen LogP contribution in [0.2, 0.25) is 0 Å². The number of rotatable bonds is 11. The summed E-state index contributed by atoms with van der Waals surface area (Å²) in [4.78, 5) is 2.59. The third-order valence-electron chi connectivity index (χ3n) is 3.53. The van der Waals surface area contributed by atoms with E-state index in [1.807, 2.05) is 0 Å². The van der Waals surface area contributed by atoms with Gasteiger partial charge in [-0.2, -0.15) is 0 Å². The first-order valence-corrected chi connectivity index (χ1v) is 7.86. The number of aliphatic hydroxyl groups excluding tert-OH is 1. The first kappa shape index (κ1) is 17.9. The maximum atomic E-state index is 9.59. The zero-order valence-corrected chi connectivity index (χ0v) is 13.3. The summed E-state index contributed by atoms with van der Waals surface area (Å²) in [5.41, 5.74) is 0. The summed E-state index contributed by atoms with van der Waals surface area (Å²) in [6.07, 6.45) is 5.45. The lowest BCUT2D eigenvalue weighted by Gasteiger charge is -2.24. The van der Waals surface area contributed by atoms with E-state index in [4.69, 9.17) is 0 Å². The van der Waals surface area contributed by atoms with Crippen molar-refractivity contribution in [2.45, 2.75) is 72.8 Å². The lowest BCUT2D eigenvalue weighted by Crippen LogP contribution is -2.29. The number of nitrogens with zero attached hydrogens (tertiary/aromatic N) is 1. The molecule has 0 heterocycles. The zero-order chi connectivity index (χ0) is 14.0. The second kappa shape index (κ2) is 10.8. The predicted octanol–water partition coefficient (Wildman–Crippen LogP) is 3.93. The Labute approximate surface area is 115 Å². The van der Waals surface area contributed by atoms with E-state index in [9.17, 15) is 5.11 Å². The molecule has 0 aromatic rings. The summed E-state index contributed by atoms with van der Waals surface area (Å²) in [6, 6.07) is 0. The van der Waals surface area contributed by atoms with Gasteiger partial charge in [0.05, 0.1) is 6.10 Å². The molecule has 0 aromatic carbocycles. The van der Waals surface area contributed by atoms with Crippen LogP contribution in [0.1, 0.15) is 66.7 Å². The second-order valence-electron chi connectivity index (χ2n) is 6.41. The van der Waals surface area contributed by atoms with Gasteiger partial charge in [-0.3, -0.25) is 0 Å². The molecule has 0 bridgehead atoms. The van der Waals surface area contributed by atoms with Crippen LogP contribution in [0.4, 0.5) is 0 Å². The molecule has 0 rings (SSSR count). The molecule has 2 nitrogen and oxygen atoms in total. The van der Waals surface area contributed by atoms with Crippen molar-refractivity contribution in [2.75, 3.05) is 19.6 Å². The molecule has 1 N–H and O–H groups in total. The van der Waals surface area contributed by atoms with Crippen LogP contribution in [0.15, 0.2) is 0 Å². The van der Waals surface area contributed by atoms with E-state index >= 15 is 0 Å². The summed E-state index contributed by atoms with van der Waals surface area (Å²) in [7, 11) is 0. The van der Waals surface area contributed by atoms with Crippen LogP contribution in [0.3, 0.4) is 0 Å². The molecule has 0 aliphatic rings. The molecular weight excluding hydrogens is 222 g/mol. The fourth-order valence-electron chi connectivity index (χ4n) is 1.97. The molecule has 0 fully saturated rings. The Morgan fingerprint density at radius 1 is 0.833 bits per heavy atom. The Hall–Kier alpha value is -0.0800. The summed E-state index contributed by atoms with van der Waals surface area (Å²) in [6.45, 7) is 14.8. The fourth-order valence-corrected chi connectivity index (χ4v) is 1.97. The zero-order valence-electron chi connectivity index (χ0n) is 13.3. The molecule has 1 atom stereocenters. The average Bonchev–Trinajstić information content (AvgIpc) is 2.31. The van der Waals surface area contributed by atoms with E-state index in [1.54, 1.807) is 0 Å². The van der Waals surface area contributed by atoms with Gasteiger partial charge in [-0.15, -0.1) is 0 Å². The van der Waals surface area contributed by atoms with Crippen LogP contribution in [0.25, 0.3) is 0 Å². The highest BCUT2D eigenvalue weighted by molar-refractivity contribution is 4.63. The topological polar surface area (TPSA) is 23.5 Å². The fraction of sp³-hybridized carbons (Fsp3) is 1.00. The molecule has 0 aliphatic carbocycles. The number of hydrogen-bond donors (Lipinski definition) is 1. The molecule has 0 amide bonds. The van der Waals surface area contributed by atoms with Crippen molar-refractivity contribution < 1.29 is 5.11 Å². The average molecular weight is 257 g/mol. The van der Waals surface area contributed by atoms with E-state index in [0.717, 1.165) is 37.6 Å². The molecule has 0 saturated carbocycles. The second-order valence-corrected chi connectivity index (χ2v) is 6.41. The van der Waals surface area contributed by atoms with Crippen molar-refractivity contribution in [2.24, 2.45) is 11.8 Å². The van der Waals surface area contributed by atoms with Crippen LogP contribution in [-0.2, 0) is 0 Å². The Bertz CT molecular complexity index is 168. The van der Waals surface area contributed by atoms with Crippen LogP contribution in [0.5, 0.6) is 0 Å². The molecule has 0 aromatic heterocycles. The van der Waals surface area contributed by atoms with Gasteiger partial charge in [0.15, 0.2) is 0 Å². The molecule has 110 valence electrons. The molecule has 2 heteroatoms. The Morgan fingerprint density at radius 2 is 1.33 bits per heavy atom. The van der Waals surface area contributed by atoms with Gasteiger partial charge in [-0.25, -0.2) is 0 Å². The lowest BCUT2D eigenvalue weighted by atomic mass is 10.1. The number of hydrogen-bond acceptors (Lipinski definition) is 2. The van der Waals surface area contributed by atoms with Gasteiger partial charge in [0.2, 0.25) is 0 Å². The van der Waals surface area contributed by atoms with E-state index in [1.165, 1.54) is 25.9 Å². The van der Waals surface area contributed by atoms with Crippen molar-refractivity contribution in [1.29, 1.82) is 0 Å². The maximum Gasteiger partial charge on any atom is 0.0538 e. The minimum atomic E-state index is -0.0953. The van der Waals surface area contributed by atoms with Crippen LogP contribution in [0, 0.1) is 11.8 Å². The Morgan fingerprint density at radius 3 is 1.72 bits per heavy atom. The predicted molar refractivity (Wildman–Crippen MR) is 80.9 cm³/mol. The van der Waals surface area contributed by atoms with E-state index in [0.29, 0.717) is 0 Å². The molecule has 0 saturated heterocycles. The van der Waals surface area contributed by atoms with Crippen LogP contribution < -0.4 is 0 Å². The summed E-state index contributed by atoms with van der Waals surface area (Å²) in [5, 5.41) is 9.59. The Kier molecular flexibility index (Phi) is 10.8. The van der Waals surface area contributed by atoms with Gasteiger partial charge in [0.1, 0.15) is 0 Å². The van der Waals surface area contributed by atoms with Crippen LogP contribution >= 0.6 is 0 Å². The van der Waals surface area contributed by atoms with E-state index < -0.39 is 0 Å². The normalized spacial score (nSPS) is 13.8. The molecule has 0 spiro atoms. The van der Waals surface area contributed by atoms with Crippen molar-refractivity contribution in [1.82, 2.24) is 4.90 Å². The van der Waals surface area contributed by atoms with Gasteiger partial charge in [-0.1, -0.05) is 34.6 Å². The highest BCUT2D eigenvalue weighted by atomic mass is 16.3. The SMILES string of the molecule is CCC(O)CCCN(CCC(C)C)CCC(C)C. The monoisotopic (exact) mass is 257 g/mol. The third-order valence-corrected chi connectivity index (χ3v) is 3.53. The van der Waals surface area contributed by atoms with Gasteiger partial charge in [0.25, 0.3) is 0 Å². The lowest BCUT2D eigenvalue weighted by molar-refractivity contribution is 0.147. The van der Waals surface area contributed by atoms with Crippen LogP contribution in [-0.4, -0.2) is 35.7 Å². The van der Waals surface area contributed by atoms with Gasteiger partial charge in [-0.05, 0) is 63.6 Å². The molecule has 0 aliphatic heterocycles. The smallest absolute Gasteiger partial charge is 0.0538 e. The van der Waals surface area contributed by atoms with Crippen molar-refractivity contribution in [3.05, 3.63) is 0 Å². The molecule has 18 heavy (non-hydrogen) atoms. The largest absolute Gasteiger partial charge is 0.393 e. The molecular formula is C16H35NO. The number of aliphatic hydroxyl groups is 1. The van der Waals surface area contributed by atoms with Crippen molar-refractivity contribution in [3.8, 4) is 0 Å². The maximum absolute atomic E-state index is 9.59. The van der Waals surface area contributed by atoms with Gasteiger partial charge < -0.3 is 10.0 Å². The molecule has 0 radical (unpaired) electrons. The van der Waals surface area contributed by atoms with Crippen molar-refractivity contribution in [3.63, 3.8) is 0 Å². The summed E-state index contributed by atoms with van der Waals surface area (Å²) >= 11 is 0. The molecule has 1 unspecified atom stereocenters. The van der Waals surface area contributed by atoms with E-state index in [2.05, 4.69) is 39.5 Å². The third kappa shape index (κ3) is 11.0. The highest BCUT2D eigenvalue weighted by Crippen LogP contribution is 2.09. The minimum absolute atomic E-state index is 0.0953. The first-order valence-electron chi connectivity index (χ1n) is 7.86. The van der Waals surface area contributed by atoms with Crippen molar-refractivity contribution >= 4 is 0 Å². The summed E-state index contributed by atoms with van der Waals surface area (Å²) in [5.74, 6) is 1.57.